The molecule has 0 radical (unpaired) electrons. The van der Waals surface area contributed by atoms with Crippen LogP contribution in [0.1, 0.15) is 32.4 Å². The van der Waals surface area contributed by atoms with Gasteiger partial charge in [0.25, 0.3) is 0 Å². The second kappa shape index (κ2) is 4.95. The van der Waals surface area contributed by atoms with E-state index in [-0.39, 0.29) is 6.04 Å². The Bertz CT molecular complexity index is 637. The molecule has 0 heterocycles. The van der Waals surface area contributed by atoms with E-state index >= 15 is 0 Å². The number of nitrogens with one attached hydrogen (secondary N) is 1. The van der Waals surface area contributed by atoms with Crippen molar-refractivity contribution in [2.45, 2.75) is 32.4 Å². The number of phenols is 1. The molecule has 1 atom stereocenters. The Morgan fingerprint density at radius 3 is 2.58 bits per heavy atom. The van der Waals surface area contributed by atoms with Gasteiger partial charge in [0.05, 0.1) is 5.54 Å². The number of rotatable bonds is 3. The largest absolute Gasteiger partial charge is 0.507 e. The number of terminal acetylenes is 1. The van der Waals surface area contributed by atoms with Gasteiger partial charge in [0, 0.05) is 17.0 Å². The van der Waals surface area contributed by atoms with Crippen molar-refractivity contribution >= 4 is 10.8 Å². The highest BCUT2D eigenvalue weighted by Crippen LogP contribution is 2.32. The zero-order chi connectivity index (χ0) is 14.0. The standard InChI is InChI=1S/C17H19NO/c1-5-17(3,4)18-12(2)14-11-10-13-8-6-7-9-15(13)16(14)19/h1,6-12,18-19H,2-4H3. The van der Waals surface area contributed by atoms with Crippen LogP contribution in [0.25, 0.3) is 10.8 Å². The van der Waals surface area contributed by atoms with Crippen LogP contribution in [0.2, 0.25) is 0 Å². The van der Waals surface area contributed by atoms with E-state index in [4.69, 9.17) is 6.42 Å². The van der Waals surface area contributed by atoms with Crippen LogP contribution in [-0.2, 0) is 0 Å². The molecule has 2 N–H and O–H groups in total. The van der Waals surface area contributed by atoms with E-state index in [1.165, 1.54) is 0 Å². The van der Waals surface area contributed by atoms with Crippen molar-refractivity contribution in [2.75, 3.05) is 0 Å². The summed E-state index contributed by atoms with van der Waals surface area (Å²) in [5.74, 6) is 3.03. The van der Waals surface area contributed by atoms with E-state index in [0.717, 1.165) is 16.3 Å². The van der Waals surface area contributed by atoms with Gasteiger partial charge in [0.15, 0.2) is 0 Å². The average Bonchev–Trinajstić information content (AvgIpc) is 2.39. The molecule has 19 heavy (non-hydrogen) atoms. The maximum atomic E-state index is 10.4. The summed E-state index contributed by atoms with van der Waals surface area (Å²) in [6.45, 7) is 5.89. The number of fused-ring (bicyclic) bond motifs is 1. The second-order valence-corrected chi connectivity index (χ2v) is 5.36. The predicted octanol–water partition coefficient (Wildman–Crippen LogP) is 3.61. The number of phenolic OH excluding ortho intramolecular Hbond substituents is 1. The fourth-order valence-corrected chi connectivity index (χ4v) is 2.28. The highest BCUT2D eigenvalue weighted by atomic mass is 16.3. The van der Waals surface area contributed by atoms with Crippen molar-refractivity contribution in [2.24, 2.45) is 0 Å². The molecule has 0 amide bonds. The van der Waals surface area contributed by atoms with E-state index in [1.54, 1.807) is 0 Å². The average molecular weight is 253 g/mol. The molecule has 2 aromatic carbocycles. The van der Waals surface area contributed by atoms with Crippen LogP contribution in [-0.4, -0.2) is 10.6 Å². The van der Waals surface area contributed by atoms with Gasteiger partial charge in [-0.3, -0.25) is 5.32 Å². The second-order valence-electron chi connectivity index (χ2n) is 5.36. The van der Waals surface area contributed by atoms with E-state index in [1.807, 2.05) is 57.2 Å². The molecule has 0 aromatic heterocycles. The van der Waals surface area contributed by atoms with Gasteiger partial charge in [-0.15, -0.1) is 6.42 Å². The Labute approximate surface area is 114 Å². The molecule has 1 unspecified atom stereocenters. The number of aromatic hydroxyl groups is 1. The van der Waals surface area contributed by atoms with Crippen molar-refractivity contribution in [1.82, 2.24) is 5.32 Å². The molecular formula is C17H19NO. The van der Waals surface area contributed by atoms with Crippen LogP contribution in [0.4, 0.5) is 0 Å². The molecule has 2 heteroatoms. The van der Waals surface area contributed by atoms with E-state index < -0.39 is 5.54 Å². The van der Waals surface area contributed by atoms with E-state index in [0.29, 0.717) is 5.75 Å². The third kappa shape index (κ3) is 2.72. The van der Waals surface area contributed by atoms with Crippen molar-refractivity contribution in [1.29, 1.82) is 0 Å². The van der Waals surface area contributed by atoms with Crippen LogP contribution in [0.15, 0.2) is 36.4 Å². The molecule has 0 spiro atoms. The lowest BCUT2D eigenvalue weighted by Gasteiger charge is -2.26. The zero-order valence-electron chi connectivity index (χ0n) is 11.6. The third-order valence-corrected chi connectivity index (χ3v) is 3.34. The molecular weight excluding hydrogens is 234 g/mol. The summed E-state index contributed by atoms with van der Waals surface area (Å²) in [4.78, 5) is 0. The first-order valence-electron chi connectivity index (χ1n) is 6.41. The third-order valence-electron chi connectivity index (χ3n) is 3.34. The molecule has 2 aromatic rings. The number of benzene rings is 2. The van der Waals surface area contributed by atoms with Crippen molar-refractivity contribution < 1.29 is 5.11 Å². The summed E-state index contributed by atoms with van der Waals surface area (Å²) >= 11 is 0. The zero-order valence-corrected chi connectivity index (χ0v) is 11.6. The first-order chi connectivity index (χ1) is 8.94. The Morgan fingerprint density at radius 2 is 1.89 bits per heavy atom. The monoisotopic (exact) mass is 253 g/mol. The summed E-state index contributed by atoms with van der Waals surface area (Å²) < 4.78 is 0. The molecule has 0 fully saturated rings. The topological polar surface area (TPSA) is 32.3 Å². The van der Waals surface area contributed by atoms with Crippen molar-refractivity contribution in [3.05, 3.63) is 42.0 Å². The summed E-state index contributed by atoms with van der Waals surface area (Å²) in [5, 5.41) is 15.6. The molecule has 0 aliphatic heterocycles. The van der Waals surface area contributed by atoms with Gasteiger partial charge >= 0.3 is 0 Å². The highest BCUT2D eigenvalue weighted by molar-refractivity contribution is 5.89. The summed E-state index contributed by atoms with van der Waals surface area (Å²) in [6.07, 6.45) is 5.49. The van der Waals surface area contributed by atoms with E-state index in [2.05, 4.69) is 11.2 Å². The maximum absolute atomic E-state index is 10.4. The smallest absolute Gasteiger partial charge is 0.128 e. The molecule has 2 rings (SSSR count). The maximum Gasteiger partial charge on any atom is 0.128 e. The Balaban J connectivity index is 2.41. The lowest BCUT2D eigenvalue weighted by atomic mass is 9.98. The first kappa shape index (κ1) is 13.5. The minimum Gasteiger partial charge on any atom is -0.507 e. The van der Waals surface area contributed by atoms with Crippen molar-refractivity contribution in [3.8, 4) is 18.1 Å². The molecule has 98 valence electrons. The van der Waals surface area contributed by atoms with Crippen LogP contribution in [0.5, 0.6) is 5.75 Å². The fourth-order valence-electron chi connectivity index (χ4n) is 2.28. The summed E-state index contributed by atoms with van der Waals surface area (Å²) in [5.41, 5.74) is 0.458. The Kier molecular flexibility index (Phi) is 3.50. The van der Waals surface area contributed by atoms with Gasteiger partial charge < -0.3 is 5.11 Å². The van der Waals surface area contributed by atoms with Gasteiger partial charge in [-0.05, 0) is 26.2 Å². The summed E-state index contributed by atoms with van der Waals surface area (Å²) in [6, 6.07) is 11.7. The van der Waals surface area contributed by atoms with Gasteiger partial charge in [-0.25, -0.2) is 0 Å². The van der Waals surface area contributed by atoms with Gasteiger partial charge in [-0.2, -0.15) is 0 Å². The van der Waals surface area contributed by atoms with Crippen molar-refractivity contribution in [3.63, 3.8) is 0 Å². The van der Waals surface area contributed by atoms with Gasteiger partial charge in [0.2, 0.25) is 0 Å². The fraction of sp³-hybridized carbons (Fsp3) is 0.294. The molecule has 0 aliphatic carbocycles. The Morgan fingerprint density at radius 1 is 1.21 bits per heavy atom. The van der Waals surface area contributed by atoms with Crippen LogP contribution < -0.4 is 5.32 Å². The van der Waals surface area contributed by atoms with Crippen LogP contribution in [0.3, 0.4) is 0 Å². The molecule has 2 nitrogen and oxygen atoms in total. The lowest BCUT2D eigenvalue weighted by Crippen LogP contribution is -2.39. The van der Waals surface area contributed by atoms with Crippen LogP contribution >= 0.6 is 0 Å². The summed E-state index contributed by atoms with van der Waals surface area (Å²) in [7, 11) is 0. The predicted molar refractivity (Wildman–Crippen MR) is 80.1 cm³/mol. The van der Waals surface area contributed by atoms with Crippen LogP contribution in [0, 0.1) is 12.3 Å². The molecule has 0 saturated heterocycles. The van der Waals surface area contributed by atoms with Gasteiger partial charge in [-0.1, -0.05) is 42.3 Å². The van der Waals surface area contributed by atoms with E-state index in [9.17, 15) is 5.11 Å². The first-order valence-corrected chi connectivity index (χ1v) is 6.41. The molecule has 0 bridgehead atoms. The molecule has 0 aliphatic rings. The SMILES string of the molecule is C#CC(C)(C)NC(C)c1ccc2ccccc2c1O. The number of hydrogen-bond acceptors (Lipinski definition) is 2. The minimum atomic E-state index is -0.405. The minimum absolute atomic E-state index is 0.0179. The quantitative estimate of drug-likeness (QED) is 0.819. The highest BCUT2D eigenvalue weighted by Gasteiger charge is 2.20. The lowest BCUT2D eigenvalue weighted by molar-refractivity contribution is 0.411. The molecule has 0 saturated carbocycles. The normalized spacial score (nSPS) is 13.2. The van der Waals surface area contributed by atoms with Gasteiger partial charge in [0.1, 0.15) is 5.75 Å². The Hall–Kier alpha value is -1.98. The number of hydrogen-bond donors (Lipinski definition) is 2.